The van der Waals surface area contributed by atoms with Crippen molar-refractivity contribution in [3.63, 3.8) is 0 Å². The quantitative estimate of drug-likeness (QED) is 0.866. The molecule has 0 spiro atoms. The standard InChI is InChI=1S/C15H12ClFN2O4/c1-23-15(22)9-2-5-14(21)19(7-9)8-13(20)18-10-3-4-12(17)11(16)6-10/h2-7H,8H2,1H3,(H,18,20). The van der Waals surface area contributed by atoms with Gasteiger partial charge in [0.05, 0.1) is 17.7 Å². The third-order valence-electron chi connectivity index (χ3n) is 2.92. The number of carbonyl (C=O) groups is 2. The zero-order valence-corrected chi connectivity index (χ0v) is 12.8. The number of pyridine rings is 1. The minimum absolute atomic E-state index is 0.132. The lowest BCUT2D eigenvalue weighted by atomic mass is 10.3. The van der Waals surface area contributed by atoms with Crippen LogP contribution in [0.5, 0.6) is 0 Å². The van der Waals surface area contributed by atoms with Gasteiger partial charge in [-0.15, -0.1) is 0 Å². The molecule has 0 aliphatic heterocycles. The fourth-order valence-corrected chi connectivity index (χ4v) is 2.00. The molecule has 1 N–H and O–H groups in total. The van der Waals surface area contributed by atoms with Crippen LogP contribution in [0, 0.1) is 5.82 Å². The van der Waals surface area contributed by atoms with E-state index in [1.165, 1.54) is 31.5 Å². The van der Waals surface area contributed by atoms with E-state index in [0.29, 0.717) is 5.69 Å². The highest BCUT2D eigenvalue weighted by atomic mass is 35.5. The van der Waals surface area contributed by atoms with Crippen LogP contribution in [0.4, 0.5) is 10.1 Å². The Morgan fingerprint density at radius 1 is 1.30 bits per heavy atom. The van der Waals surface area contributed by atoms with Crippen molar-refractivity contribution < 1.29 is 18.7 Å². The van der Waals surface area contributed by atoms with Gasteiger partial charge in [-0.3, -0.25) is 9.59 Å². The van der Waals surface area contributed by atoms with Gasteiger partial charge in [0.15, 0.2) is 0 Å². The molecule has 0 aliphatic carbocycles. The highest BCUT2D eigenvalue weighted by Gasteiger charge is 2.11. The van der Waals surface area contributed by atoms with Crippen molar-refractivity contribution in [1.82, 2.24) is 4.57 Å². The molecule has 0 aliphatic rings. The van der Waals surface area contributed by atoms with Gasteiger partial charge in [0, 0.05) is 18.0 Å². The molecule has 0 radical (unpaired) electrons. The zero-order valence-electron chi connectivity index (χ0n) is 12.0. The van der Waals surface area contributed by atoms with Gasteiger partial charge < -0.3 is 14.6 Å². The van der Waals surface area contributed by atoms with Gasteiger partial charge in [0.1, 0.15) is 12.4 Å². The summed E-state index contributed by atoms with van der Waals surface area (Å²) in [4.78, 5) is 35.1. The molecule has 0 fully saturated rings. The number of amides is 1. The number of aromatic nitrogens is 1. The number of halogens is 2. The van der Waals surface area contributed by atoms with Crippen LogP contribution in [0.3, 0.4) is 0 Å². The molecule has 120 valence electrons. The molecule has 0 unspecified atom stereocenters. The lowest BCUT2D eigenvalue weighted by molar-refractivity contribution is -0.116. The van der Waals surface area contributed by atoms with E-state index in [-0.39, 0.29) is 17.1 Å². The second-order valence-corrected chi connectivity index (χ2v) is 4.96. The van der Waals surface area contributed by atoms with E-state index < -0.39 is 23.3 Å². The Hall–Kier alpha value is -2.67. The normalized spacial score (nSPS) is 10.2. The van der Waals surface area contributed by atoms with Crippen molar-refractivity contribution in [2.24, 2.45) is 0 Å². The second kappa shape index (κ2) is 7.06. The van der Waals surface area contributed by atoms with Gasteiger partial charge in [0.25, 0.3) is 5.56 Å². The van der Waals surface area contributed by atoms with Gasteiger partial charge in [-0.2, -0.15) is 0 Å². The molecule has 1 heterocycles. The first kappa shape index (κ1) is 16.7. The van der Waals surface area contributed by atoms with Crippen molar-refractivity contribution in [3.8, 4) is 0 Å². The Morgan fingerprint density at radius 2 is 2.04 bits per heavy atom. The van der Waals surface area contributed by atoms with Crippen molar-refractivity contribution >= 4 is 29.2 Å². The number of carbonyl (C=O) groups excluding carboxylic acids is 2. The topological polar surface area (TPSA) is 77.4 Å². The summed E-state index contributed by atoms with van der Waals surface area (Å²) in [5.41, 5.74) is -0.0201. The number of benzene rings is 1. The number of nitrogens with zero attached hydrogens (tertiary/aromatic N) is 1. The second-order valence-electron chi connectivity index (χ2n) is 4.55. The average Bonchev–Trinajstić information content (AvgIpc) is 2.52. The summed E-state index contributed by atoms with van der Waals surface area (Å²) in [5, 5.41) is 2.35. The molecular weight excluding hydrogens is 327 g/mol. The number of rotatable bonds is 4. The van der Waals surface area contributed by atoms with Crippen molar-refractivity contribution in [1.29, 1.82) is 0 Å². The highest BCUT2D eigenvalue weighted by molar-refractivity contribution is 6.31. The number of methoxy groups -OCH3 is 1. The van der Waals surface area contributed by atoms with Crippen LogP contribution in [0.1, 0.15) is 10.4 Å². The van der Waals surface area contributed by atoms with E-state index in [1.807, 2.05) is 0 Å². The van der Waals surface area contributed by atoms with E-state index >= 15 is 0 Å². The molecule has 0 saturated heterocycles. The number of esters is 1. The predicted molar refractivity (Wildman–Crippen MR) is 82.1 cm³/mol. The molecule has 23 heavy (non-hydrogen) atoms. The minimum atomic E-state index is -0.621. The van der Waals surface area contributed by atoms with Crippen LogP contribution in [-0.2, 0) is 16.1 Å². The summed E-state index contributed by atoms with van der Waals surface area (Å²) >= 11 is 5.62. The van der Waals surface area contributed by atoms with Gasteiger partial charge in [0.2, 0.25) is 5.91 Å². The summed E-state index contributed by atoms with van der Waals surface area (Å²) in [6.07, 6.45) is 1.23. The first-order valence-corrected chi connectivity index (χ1v) is 6.82. The van der Waals surface area contributed by atoms with Crippen LogP contribution in [-0.4, -0.2) is 23.6 Å². The zero-order chi connectivity index (χ0) is 17.0. The number of hydrogen-bond donors (Lipinski definition) is 1. The molecule has 0 atom stereocenters. The average molecular weight is 339 g/mol. The third-order valence-corrected chi connectivity index (χ3v) is 3.21. The fourth-order valence-electron chi connectivity index (χ4n) is 1.82. The van der Waals surface area contributed by atoms with Gasteiger partial charge in [-0.25, -0.2) is 9.18 Å². The molecule has 6 nitrogen and oxygen atoms in total. The Kier molecular flexibility index (Phi) is 5.13. The smallest absolute Gasteiger partial charge is 0.339 e. The SMILES string of the molecule is COC(=O)c1ccc(=O)n(CC(=O)Nc2ccc(F)c(Cl)c2)c1. The molecule has 8 heteroatoms. The maximum Gasteiger partial charge on any atom is 0.339 e. The molecule has 2 aromatic rings. The Labute approximate surface area is 135 Å². The molecule has 1 amide bonds. The maximum atomic E-state index is 13.1. The van der Waals surface area contributed by atoms with Gasteiger partial charge in [-0.05, 0) is 24.3 Å². The molecule has 0 bridgehead atoms. The van der Waals surface area contributed by atoms with E-state index in [0.717, 1.165) is 16.7 Å². The predicted octanol–water partition coefficient (Wildman–Crippen LogP) is 2.07. The summed E-state index contributed by atoms with van der Waals surface area (Å²) in [6.45, 7) is -0.321. The molecule has 1 aromatic heterocycles. The highest BCUT2D eigenvalue weighted by Crippen LogP contribution is 2.19. The van der Waals surface area contributed by atoms with Gasteiger partial charge in [-0.1, -0.05) is 11.6 Å². The van der Waals surface area contributed by atoms with Crippen LogP contribution >= 0.6 is 11.6 Å². The van der Waals surface area contributed by atoms with Crippen molar-refractivity contribution in [3.05, 3.63) is 63.3 Å². The molecule has 0 saturated carbocycles. The summed E-state index contributed by atoms with van der Waals surface area (Å²) < 4.78 is 18.7. The Balaban J connectivity index is 2.15. The van der Waals surface area contributed by atoms with Crippen molar-refractivity contribution in [2.45, 2.75) is 6.54 Å². The van der Waals surface area contributed by atoms with E-state index in [1.54, 1.807) is 0 Å². The first-order chi connectivity index (χ1) is 10.9. The summed E-state index contributed by atoms with van der Waals surface area (Å²) in [7, 11) is 1.21. The fraction of sp³-hybridized carbons (Fsp3) is 0.133. The van der Waals surface area contributed by atoms with E-state index in [9.17, 15) is 18.8 Å². The third kappa shape index (κ3) is 4.17. The summed E-state index contributed by atoms with van der Waals surface area (Å²) in [5.74, 6) is -1.76. The van der Waals surface area contributed by atoms with Crippen LogP contribution in [0.25, 0.3) is 0 Å². The molecule has 1 aromatic carbocycles. The van der Waals surface area contributed by atoms with Crippen LogP contribution in [0.2, 0.25) is 5.02 Å². The first-order valence-electron chi connectivity index (χ1n) is 6.44. The Morgan fingerprint density at radius 3 is 2.70 bits per heavy atom. The number of anilines is 1. The lowest BCUT2D eigenvalue weighted by Crippen LogP contribution is -2.27. The van der Waals surface area contributed by atoms with E-state index in [4.69, 9.17) is 11.6 Å². The number of nitrogens with one attached hydrogen (secondary N) is 1. The summed E-state index contributed by atoms with van der Waals surface area (Å²) in [6, 6.07) is 6.17. The Bertz CT molecular complexity index is 819. The monoisotopic (exact) mass is 338 g/mol. The molecular formula is C15H12ClFN2O4. The minimum Gasteiger partial charge on any atom is -0.465 e. The van der Waals surface area contributed by atoms with Crippen LogP contribution in [0.15, 0.2) is 41.3 Å². The maximum absolute atomic E-state index is 13.1. The van der Waals surface area contributed by atoms with Crippen LogP contribution < -0.4 is 10.9 Å². The lowest BCUT2D eigenvalue weighted by Gasteiger charge is -2.09. The number of hydrogen-bond acceptors (Lipinski definition) is 4. The van der Waals surface area contributed by atoms with Crippen molar-refractivity contribution in [2.75, 3.05) is 12.4 Å². The largest absolute Gasteiger partial charge is 0.465 e. The molecule has 2 rings (SSSR count). The van der Waals surface area contributed by atoms with Gasteiger partial charge >= 0.3 is 5.97 Å². The number of ether oxygens (including phenoxy) is 1. The van der Waals surface area contributed by atoms with E-state index in [2.05, 4.69) is 10.1 Å².